The summed E-state index contributed by atoms with van der Waals surface area (Å²) >= 11 is 7.56. The lowest BCUT2D eigenvalue weighted by Crippen LogP contribution is -2.60. The maximum atomic E-state index is 2.68. The average Bonchev–Trinajstić information content (AvgIpc) is 4.27. The van der Waals surface area contributed by atoms with Gasteiger partial charge in [-0.05, 0) is 131 Å². The Hall–Kier alpha value is -7.52. The van der Waals surface area contributed by atoms with Crippen LogP contribution in [0.2, 0.25) is 0 Å². The lowest BCUT2D eigenvalue weighted by atomic mass is 9.33. The number of fused-ring (bicyclic) bond motifs is 10. The molecule has 0 aliphatic carbocycles. The fourth-order valence-corrected chi connectivity index (χ4v) is 16.7. The van der Waals surface area contributed by atoms with Crippen molar-refractivity contribution >= 4 is 142 Å². The highest BCUT2D eigenvalue weighted by atomic mass is 32.1. The number of hydrogen-bond acceptors (Lipinski definition) is 6. The first-order valence-electron chi connectivity index (χ1n) is 26.7. The summed E-state index contributed by atoms with van der Waals surface area (Å²) in [6, 6.07) is 76.1. The molecule has 2 aliphatic heterocycles. The zero-order chi connectivity index (χ0) is 51.9. The zero-order valence-corrected chi connectivity index (χ0v) is 47.1. The molecule has 2 aliphatic rings. The summed E-state index contributed by atoms with van der Waals surface area (Å²) in [6.07, 6.45) is 0. The van der Waals surface area contributed by atoms with Gasteiger partial charge in [0, 0.05) is 63.2 Å². The predicted molar refractivity (Wildman–Crippen MR) is 341 cm³/mol. The average molecular weight is 1060 g/mol. The van der Waals surface area contributed by atoms with E-state index in [0.717, 1.165) is 0 Å². The molecule has 6 heterocycles. The molecule has 0 fully saturated rings. The lowest BCUT2D eigenvalue weighted by Gasteiger charge is -2.43. The van der Waals surface area contributed by atoms with Gasteiger partial charge in [-0.3, -0.25) is 0 Å². The van der Waals surface area contributed by atoms with E-state index in [1.165, 1.54) is 145 Å². The Morgan fingerprint density at radius 1 is 0.325 bits per heavy atom. The Balaban J connectivity index is 1.08. The van der Waals surface area contributed by atoms with Crippen LogP contribution in [0.3, 0.4) is 0 Å². The highest BCUT2D eigenvalue weighted by Gasteiger charge is 2.48. The van der Waals surface area contributed by atoms with E-state index in [4.69, 9.17) is 0 Å². The van der Waals surface area contributed by atoms with Gasteiger partial charge in [0.1, 0.15) is 0 Å². The number of nitrogens with zero attached hydrogens (tertiary/aromatic N) is 2. The Morgan fingerprint density at radius 3 is 1.19 bits per heavy atom. The van der Waals surface area contributed by atoms with E-state index in [1.807, 2.05) is 45.3 Å². The summed E-state index contributed by atoms with van der Waals surface area (Å²) in [5.74, 6) is 0. The second kappa shape index (κ2) is 17.5. The van der Waals surface area contributed by atoms with Crippen LogP contribution in [0, 0.1) is 0 Å². The predicted octanol–water partition coefficient (Wildman–Crippen LogP) is 19.9. The molecule has 0 saturated heterocycles. The van der Waals surface area contributed by atoms with E-state index < -0.39 is 0 Å². The van der Waals surface area contributed by atoms with Gasteiger partial charge in [-0.15, -0.1) is 45.3 Å². The monoisotopic (exact) mass is 1060 g/mol. The van der Waals surface area contributed by atoms with Crippen LogP contribution in [-0.2, 0) is 10.8 Å². The Labute approximate surface area is 466 Å². The second-order valence-electron chi connectivity index (χ2n) is 22.9. The quantitative estimate of drug-likeness (QED) is 0.153. The maximum Gasteiger partial charge on any atom is 0.256 e. The fourth-order valence-electron chi connectivity index (χ4n) is 12.3. The van der Waals surface area contributed by atoms with E-state index in [0.29, 0.717) is 0 Å². The molecule has 0 saturated carbocycles. The molecular formula is C70H53BN2S4. The summed E-state index contributed by atoms with van der Waals surface area (Å²) in [5, 5.41) is 12.5. The molecule has 7 heteroatoms. The van der Waals surface area contributed by atoms with Crippen molar-refractivity contribution in [3.05, 3.63) is 222 Å². The highest BCUT2D eigenvalue weighted by molar-refractivity contribution is 7.29. The van der Waals surface area contributed by atoms with Gasteiger partial charge >= 0.3 is 0 Å². The van der Waals surface area contributed by atoms with Gasteiger partial charge in [0.2, 0.25) is 0 Å². The van der Waals surface area contributed by atoms with Crippen molar-refractivity contribution in [2.24, 2.45) is 0 Å². The van der Waals surface area contributed by atoms with Crippen molar-refractivity contribution in [1.82, 2.24) is 0 Å². The standard InChI is InChI=1S/C70H53BN2S4/c1-69(2,3)46-30-34-62-52(38-46)64-67(76-62)72(58-36-44(28-32-48(58)42-18-9-7-10-19-42)54-40-74-60-26-15-13-22-50(54)60)56-24-17-25-57-66(56)71(64)65-53-39-47(70(4,5)6)31-35-63(53)77-68(65)73(57)59-37-45(29-33-49(59)43-20-11-8-12-21-43)55-41-75-61-27-16-14-23-51(55)61/h7-41H,1-6H3. The van der Waals surface area contributed by atoms with Crippen molar-refractivity contribution < 1.29 is 0 Å². The molecule has 77 heavy (non-hydrogen) atoms. The van der Waals surface area contributed by atoms with Crippen LogP contribution in [0.15, 0.2) is 211 Å². The molecule has 0 radical (unpaired) electrons. The summed E-state index contributed by atoms with van der Waals surface area (Å²) < 4.78 is 5.22. The minimum Gasteiger partial charge on any atom is -0.302 e. The van der Waals surface area contributed by atoms with Crippen molar-refractivity contribution in [3.63, 3.8) is 0 Å². The summed E-state index contributed by atoms with van der Waals surface area (Å²) in [7, 11) is 0. The van der Waals surface area contributed by atoms with Crippen LogP contribution >= 0.6 is 45.3 Å². The van der Waals surface area contributed by atoms with E-state index >= 15 is 0 Å². The Morgan fingerprint density at radius 2 is 0.753 bits per heavy atom. The molecule has 15 rings (SSSR count). The molecule has 4 aromatic heterocycles. The van der Waals surface area contributed by atoms with Gasteiger partial charge in [-0.1, -0.05) is 193 Å². The van der Waals surface area contributed by atoms with Crippen LogP contribution in [0.1, 0.15) is 52.7 Å². The van der Waals surface area contributed by atoms with Crippen LogP contribution in [0.4, 0.5) is 32.8 Å². The van der Waals surface area contributed by atoms with E-state index in [1.54, 1.807) is 0 Å². The fraction of sp³-hybridized carbons (Fsp3) is 0.114. The van der Waals surface area contributed by atoms with Crippen LogP contribution in [0.5, 0.6) is 0 Å². The minimum atomic E-state index is -0.0556. The molecule has 0 N–H and O–H groups in total. The first kappa shape index (κ1) is 46.8. The maximum absolute atomic E-state index is 2.68. The normalized spacial score (nSPS) is 13.2. The number of thiophene rings is 4. The van der Waals surface area contributed by atoms with Gasteiger partial charge < -0.3 is 9.80 Å². The summed E-state index contributed by atoms with van der Waals surface area (Å²) in [6.45, 7) is 14.1. The third kappa shape index (κ3) is 7.38. The smallest absolute Gasteiger partial charge is 0.256 e. The van der Waals surface area contributed by atoms with Gasteiger partial charge in [-0.25, -0.2) is 0 Å². The SMILES string of the molecule is CC(C)(C)c1ccc2sc3c(c2c1)B1c2c(cccc2N(c2cc(-c4csc5ccccc45)ccc2-c2ccccc2)c2sc4ccc(C(C)(C)C)cc4c21)N3c1cc(-c2csc3ccccc23)ccc1-c1ccccc1. The molecule has 0 spiro atoms. The highest BCUT2D eigenvalue weighted by Crippen LogP contribution is 2.54. The first-order chi connectivity index (χ1) is 37.5. The number of hydrogen-bond donors (Lipinski definition) is 0. The van der Waals surface area contributed by atoms with Crippen molar-refractivity contribution in [1.29, 1.82) is 0 Å². The Bertz CT molecular complexity index is 4220. The molecule has 0 bridgehead atoms. The molecule has 370 valence electrons. The van der Waals surface area contributed by atoms with Crippen LogP contribution in [0.25, 0.3) is 84.9 Å². The molecular weight excluding hydrogens is 1010 g/mol. The summed E-state index contributed by atoms with van der Waals surface area (Å²) in [4.78, 5) is 5.35. The van der Waals surface area contributed by atoms with Gasteiger partial charge in [-0.2, -0.15) is 0 Å². The molecule has 13 aromatic rings. The van der Waals surface area contributed by atoms with Crippen molar-refractivity contribution in [3.8, 4) is 44.5 Å². The van der Waals surface area contributed by atoms with Crippen LogP contribution in [-0.4, -0.2) is 6.71 Å². The molecule has 9 aromatic carbocycles. The van der Waals surface area contributed by atoms with Gasteiger partial charge in [0.15, 0.2) is 0 Å². The minimum absolute atomic E-state index is 0.0452. The van der Waals surface area contributed by atoms with E-state index in [-0.39, 0.29) is 17.5 Å². The summed E-state index contributed by atoms with van der Waals surface area (Å²) in [5.41, 5.74) is 21.3. The third-order valence-electron chi connectivity index (χ3n) is 16.2. The second-order valence-corrected chi connectivity index (χ2v) is 26.7. The van der Waals surface area contributed by atoms with Gasteiger partial charge in [0.25, 0.3) is 6.71 Å². The zero-order valence-electron chi connectivity index (χ0n) is 43.8. The molecule has 0 amide bonds. The molecule has 0 atom stereocenters. The van der Waals surface area contributed by atoms with Crippen molar-refractivity contribution in [2.75, 3.05) is 9.80 Å². The van der Waals surface area contributed by atoms with Gasteiger partial charge in [0.05, 0.1) is 21.4 Å². The van der Waals surface area contributed by atoms with E-state index in [2.05, 4.69) is 262 Å². The number of anilines is 6. The third-order valence-corrected chi connectivity index (χ3v) is 20.5. The number of benzene rings is 9. The Kier molecular flexibility index (Phi) is 10.6. The topological polar surface area (TPSA) is 6.48 Å². The van der Waals surface area contributed by atoms with E-state index in [9.17, 15) is 0 Å². The van der Waals surface area contributed by atoms with Crippen molar-refractivity contribution in [2.45, 2.75) is 52.4 Å². The largest absolute Gasteiger partial charge is 0.302 e. The number of rotatable bonds is 6. The molecule has 0 unspecified atom stereocenters. The lowest BCUT2D eigenvalue weighted by molar-refractivity contribution is 0.591. The van der Waals surface area contributed by atoms with Crippen LogP contribution < -0.4 is 26.2 Å². The first-order valence-corrected chi connectivity index (χ1v) is 30.0. The molecule has 2 nitrogen and oxygen atoms in total.